The Morgan fingerprint density at radius 3 is 2.68 bits per heavy atom. The molecule has 2 aromatic carbocycles. The van der Waals surface area contributed by atoms with Crippen molar-refractivity contribution in [3.05, 3.63) is 65.9 Å². The number of hydrogen-bond donors (Lipinski definition) is 2. The van der Waals surface area contributed by atoms with E-state index >= 15 is 0 Å². The molecule has 1 amide bonds. The van der Waals surface area contributed by atoms with Crippen LogP contribution in [0.5, 0.6) is 0 Å². The molecule has 0 bridgehead atoms. The summed E-state index contributed by atoms with van der Waals surface area (Å²) in [6.07, 6.45) is 1.61. The Hall–Kier alpha value is -3.41. The number of carbonyl (C=O) groups is 3. The number of esters is 1. The number of hydrogen-bond acceptors (Lipinski definition) is 4. The smallest absolute Gasteiger partial charge is 0.338 e. The molecule has 2 N–H and O–H groups in total. The van der Waals surface area contributed by atoms with Crippen LogP contribution < -0.4 is 5.32 Å². The van der Waals surface area contributed by atoms with Crippen molar-refractivity contribution < 1.29 is 19.1 Å². The molecule has 0 radical (unpaired) electrons. The van der Waals surface area contributed by atoms with Crippen LogP contribution in [0.3, 0.4) is 0 Å². The highest BCUT2D eigenvalue weighted by atomic mass is 16.5. The third kappa shape index (κ3) is 3.74. The number of H-pyrrole nitrogens is 1. The summed E-state index contributed by atoms with van der Waals surface area (Å²) in [5, 5.41) is 3.38. The van der Waals surface area contributed by atoms with Gasteiger partial charge in [-0.1, -0.05) is 24.3 Å². The maximum absolute atomic E-state index is 12.3. The third-order valence-electron chi connectivity index (χ3n) is 3.64. The van der Waals surface area contributed by atoms with Gasteiger partial charge in [-0.2, -0.15) is 0 Å². The molecule has 0 spiro atoms. The zero-order valence-corrected chi connectivity index (χ0v) is 13.5. The average molecular weight is 336 g/mol. The second-order valence-corrected chi connectivity index (χ2v) is 5.51. The lowest BCUT2D eigenvalue weighted by Gasteiger charge is -2.06. The standard InChI is InChI=1S/C19H16N2O4/c1-12(22)21-14-6-4-5-13(9-14)19(24)25-11-18(23)16-10-20-17-8-3-2-7-15(16)17/h2-10,20H,11H2,1H3,(H,21,22). The Kier molecular flexibility index (Phi) is 4.61. The average Bonchev–Trinajstić information content (AvgIpc) is 3.03. The van der Waals surface area contributed by atoms with E-state index in [4.69, 9.17) is 4.74 Å². The van der Waals surface area contributed by atoms with Gasteiger partial charge in [0.05, 0.1) is 5.56 Å². The Bertz CT molecular complexity index is 959. The van der Waals surface area contributed by atoms with Crippen molar-refractivity contribution in [2.24, 2.45) is 0 Å². The van der Waals surface area contributed by atoms with Crippen molar-refractivity contribution in [2.45, 2.75) is 6.92 Å². The highest BCUT2D eigenvalue weighted by Crippen LogP contribution is 2.18. The zero-order valence-electron chi connectivity index (χ0n) is 13.5. The molecule has 3 aromatic rings. The lowest BCUT2D eigenvalue weighted by atomic mass is 10.1. The molecule has 0 fully saturated rings. The van der Waals surface area contributed by atoms with Crippen LogP contribution >= 0.6 is 0 Å². The number of benzene rings is 2. The van der Waals surface area contributed by atoms with Crippen molar-refractivity contribution in [1.82, 2.24) is 4.98 Å². The fraction of sp³-hybridized carbons (Fsp3) is 0.105. The molecule has 25 heavy (non-hydrogen) atoms. The van der Waals surface area contributed by atoms with E-state index in [0.29, 0.717) is 11.3 Å². The number of amides is 1. The van der Waals surface area contributed by atoms with Crippen molar-refractivity contribution >= 4 is 34.3 Å². The SMILES string of the molecule is CC(=O)Nc1cccc(C(=O)OCC(=O)c2c[nH]c3ccccc23)c1. The van der Waals surface area contributed by atoms with Crippen LogP contribution in [-0.4, -0.2) is 29.3 Å². The molecule has 6 heteroatoms. The molecule has 1 aromatic heterocycles. The first-order chi connectivity index (χ1) is 12.0. The number of rotatable bonds is 5. The lowest BCUT2D eigenvalue weighted by molar-refractivity contribution is -0.114. The van der Waals surface area contributed by atoms with Crippen LogP contribution in [0, 0.1) is 0 Å². The first kappa shape index (κ1) is 16.4. The summed E-state index contributed by atoms with van der Waals surface area (Å²) in [6, 6.07) is 13.8. The first-order valence-electron chi connectivity index (χ1n) is 7.68. The zero-order chi connectivity index (χ0) is 17.8. The maximum Gasteiger partial charge on any atom is 0.338 e. The van der Waals surface area contributed by atoms with Gasteiger partial charge in [0.15, 0.2) is 6.61 Å². The Balaban J connectivity index is 1.68. The monoisotopic (exact) mass is 336 g/mol. The molecular weight excluding hydrogens is 320 g/mol. The highest BCUT2D eigenvalue weighted by Gasteiger charge is 2.15. The van der Waals surface area contributed by atoms with Gasteiger partial charge >= 0.3 is 5.97 Å². The first-order valence-corrected chi connectivity index (χ1v) is 7.68. The molecule has 0 atom stereocenters. The Morgan fingerprint density at radius 2 is 1.88 bits per heavy atom. The summed E-state index contributed by atoms with van der Waals surface area (Å²) in [5.41, 5.74) is 2.08. The van der Waals surface area contributed by atoms with E-state index in [0.717, 1.165) is 10.9 Å². The van der Waals surface area contributed by atoms with Crippen LogP contribution in [-0.2, 0) is 9.53 Å². The number of nitrogens with one attached hydrogen (secondary N) is 2. The van der Waals surface area contributed by atoms with Crippen LogP contribution in [0.1, 0.15) is 27.6 Å². The van der Waals surface area contributed by atoms with Crippen molar-refractivity contribution in [3.63, 3.8) is 0 Å². The second-order valence-electron chi connectivity index (χ2n) is 5.51. The van der Waals surface area contributed by atoms with Gasteiger partial charge in [-0.25, -0.2) is 4.79 Å². The minimum absolute atomic E-state index is 0.236. The summed E-state index contributed by atoms with van der Waals surface area (Å²) in [4.78, 5) is 38.5. The molecule has 0 aliphatic rings. The molecular formula is C19H16N2O4. The fourth-order valence-corrected chi connectivity index (χ4v) is 2.52. The molecule has 126 valence electrons. The molecule has 3 rings (SSSR count). The van der Waals surface area contributed by atoms with E-state index in [1.54, 1.807) is 24.4 Å². The Morgan fingerprint density at radius 1 is 1.08 bits per heavy atom. The van der Waals surface area contributed by atoms with Crippen LogP contribution in [0.25, 0.3) is 10.9 Å². The van der Waals surface area contributed by atoms with Crippen molar-refractivity contribution in [1.29, 1.82) is 0 Å². The van der Waals surface area contributed by atoms with Crippen molar-refractivity contribution in [3.8, 4) is 0 Å². The summed E-state index contributed by atoms with van der Waals surface area (Å²) >= 11 is 0. The lowest BCUT2D eigenvalue weighted by Crippen LogP contribution is -2.14. The number of carbonyl (C=O) groups excluding carboxylic acids is 3. The summed E-state index contributed by atoms with van der Waals surface area (Å²) in [5.74, 6) is -1.15. The van der Waals surface area contributed by atoms with E-state index < -0.39 is 5.97 Å². The predicted octanol–water partition coefficient (Wildman–Crippen LogP) is 3.17. The molecule has 0 aliphatic carbocycles. The summed E-state index contributed by atoms with van der Waals surface area (Å²) < 4.78 is 5.11. The summed E-state index contributed by atoms with van der Waals surface area (Å²) in [7, 11) is 0. The molecule has 0 saturated carbocycles. The number of fused-ring (bicyclic) bond motifs is 1. The van der Waals surface area contributed by atoms with E-state index in [-0.39, 0.29) is 23.9 Å². The molecule has 0 unspecified atom stereocenters. The second kappa shape index (κ2) is 7.00. The highest BCUT2D eigenvalue weighted by molar-refractivity contribution is 6.09. The van der Waals surface area contributed by atoms with E-state index in [1.165, 1.54) is 13.0 Å². The van der Waals surface area contributed by atoms with Crippen molar-refractivity contribution in [2.75, 3.05) is 11.9 Å². The van der Waals surface area contributed by atoms with Gasteiger partial charge in [-0.15, -0.1) is 0 Å². The van der Waals surface area contributed by atoms with Crippen LogP contribution in [0.15, 0.2) is 54.7 Å². The predicted molar refractivity (Wildman–Crippen MR) is 93.7 cm³/mol. The number of aromatic nitrogens is 1. The minimum Gasteiger partial charge on any atom is -0.454 e. The fourth-order valence-electron chi connectivity index (χ4n) is 2.52. The molecule has 6 nitrogen and oxygen atoms in total. The number of ketones is 1. The molecule has 0 saturated heterocycles. The largest absolute Gasteiger partial charge is 0.454 e. The quantitative estimate of drug-likeness (QED) is 0.553. The van der Waals surface area contributed by atoms with Gasteiger partial charge in [0.2, 0.25) is 11.7 Å². The topological polar surface area (TPSA) is 88.3 Å². The van der Waals surface area contributed by atoms with Gasteiger partial charge in [-0.05, 0) is 24.3 Å². The van der Waals surface area contributed by atoms with E-state index in [2.05, 4.69) is 10.3 Å². The third-order valence-corrected chi connectivity index (χ3v) is 3.64. The van der Waals surface area contributed by atoms with Gasteiger partial charge in [0.25, 0.3) is 0 Å². The van der Waals surface area contributed by atoms with E-state index in [1.807, 2.05) is 24.3 Å². The normalized spacial score (nSPS) is 10.4. The maximum atomic E-state index is 12.3. The van der Waals surface area contributed by atoms with E-state index in [9.17, 15) is 14.4 Å². The number of ether oxygens (including phenoxy) is 1. The number of aromatic amines is 1. The molecule has 0 aliphatic heterocycles. The minimum atomic E-state index is -0.625. The Labute approximate surface area is 143 Å². The van der Waals surface area contributed by atoms with Crippen LogP contribution in [0.4, 0.5) is 5.69 Å². The number of anilines is 1. The van der Waals surface area contributed by atoms with Crippen LogP contribution in [0.2, 0.25) is 0 Å². The number of Topliss-reactive ketones (excluding diaryl/α,β-unsaturated/α-hetero) is 1. The van der Waals surface area contributed by atoms with Gasteiger partial charge in [0.1, 0.15) is 0 Å². The molecule has 1 heterocycles. The van der Waals surface area contributed by atoms with Gasteiger partial charge < -0.3 is 15.0 Å². The summed E-state index contributed by atoms with van der Waals surface area (Å²) in [6.45, 7) is 1.02. The van der Waals surface area contributed by atoms with Gasteiger partial charge in [0, 0.05) is 35.3 Å². The van der Waals surface area contributed by atoms with Gasteiger partial charge in [-0.3, -0.25) is 9.59 Å². The number of para-hydroxylation sites is 1.